The highest BCUT2D eigenvalue weighted by atomic mass is 19.1. The van der Waals surface area contributed by atoms with Gasteiger partial charge >= 0.3 is 0 Å². The van der Waals surface area contributed by atoms with Crippen molar-refractivity contribution in [3.8, 4) is 0 Å². The monoisotopic (exact) mass is 386 g/mol. The standard InChI is InChI=1S/C24H46B3F/c1-17(24(26,27)18(2,3)4)16-21(9,10)22(11,12)19(5,6)14-15-20(7,8)23(13,25)28/h17H,14-16H2,1-13H3. The highest BCUT2D eigenvalue weighted by Gasteiger charge is 2.50. The van der Waals surface area contributed by atoms with E-state index in [-0.39, 0.29) is 27.6 Å². The van der Waals surface area contributed by atoms with E-state index < -0.39 is 16.2 Å². The third-order valence-electron chi connectivity index (χ3n) is 9.01. The van der Waals surface area contributed by atoms with E-state index in [1.165, 1.54) is 6.92 Å². The normalized spacial score (nSPS) is 18.6. The van der Waals surface area contributed by atoms with Crippen LogP contribution in [0.1, 0.15) is 109 Å². The molecule has 2 unspecified atom stereocenters. The summed E-state index contributed by atoms with van der Waals surface area (Å²) in [6, 6.07) is 0. The molecule has 0 aliphatic carbocycles. The average molecular weight is 386 g/mol. The number of rotatable bonds is 9. The topological polar surface area (TPSA) is 0 Å². The predicted octanol–water partition coefficient (Wildman–Crippen LogP) is 7.25. The molecule has 0 nitrogen and oxygen atoms in total. The zero-order valence-corrected chi connectivity index (χ0v) is 21.3. The third-order valence-corrected chi connectivity index (χ3v) is 9.01. The first-order chi connectivity index (χ1) is 11.8. The zero-order chi connectivity index (χ0) is 23.2. The SMILES string of the molecule is [B]C(C)(F)C(C)(C)CCC(C)(C)C(C)(C)C(C)(C)CC(C)C([B])([B])C(C)(C)C. The molecule has 0 aromatic rings. The van der Waals surface area contributed by atoms with Crippen molar-refractivity contribution >= 4 is 23.5 Å². The van der Waals surface area contributed by atoms with Gasteiger partial charge in [-0.15, -0.1) is 0 Å². The second kappa shape index (κ2) is 7.99. The Morgan fingerprint density at radius 1 is 0.643 bits per heavy atom. The van der Waals surface area contributed by atoms with Crippen LogP contribution in [-0.2, 0) is 0 Å². The van der Waals surface area contributed by atoms with E-state index in [0.717, 1.165) is 19.3 Å². The maximum absolute atomic E-state index is 14.4. The molecule has 4 heteroatoms. The van der Waals surface area contributed by atoms with Crippen LogP contribution in [-0.4, -0.2) is 29.1 Å². The van der Waals surface area contributed by atoms with E-state index in [9.17, 15) is 4.39 Å². The molecule has 0 aromatic carbocycles. The van der Waals surface area contributed by atoms with Crippen molar-refractivity contribution in [2.75, 3.05) is 0 Å². The Bertz CT molecular complexity index is 517. The van der Waals surface area contributed by atoms with Crippen molar-refractivity contribution in [3.63, 3.8) is 0 Å². The fourth-order valence-corrected chi connectivity index (χ4v) is 4.03. The quantitative estimate of drug-likeness (QED) is 0.366. The minimum Gasteiger partial charge on any atom is -0.255 e. The minimum atomic E-state index is -1.69. The summed E-state index contributed by atoms with van der Waals surface area (Å²) < 4.78 is 14.4. The van der Waals surface area contributed by atoms with Crippen LogP contribution in [0.25, 0.3) is 0 Å². The summed E-state index contributed by atoms with van der Waals surface area (Å²) in [6.45, 7) is 27.7. The first-order valence-electron chi connectivity index (χ1n) is 10.9. The van der Waals surface area contributed by atoms with Crippen LogP contribution in [0, 0.1) is 33.0 Å². The lowest BCUT2D eigenvalue weighted by molar-refractivity contribution is -0.0512. The van der Waals surface area contributed by atoms with Gasteiger partial charge in [-0.3, -0.25) is 4.39 Å². The molecule has 0 saturated heterocycles. The Morgan fingerprint density at radius 3 is 1.32 bits per heavy atom. The summed E-state index contributed by atoms with van der Waals surface area (Å²) in [6.07, 6.45) is 2.56. The second-order valence-corrected chi connectivity index (χ2v) is 13.1. The first kappa shape index (κ1) is 28.1. The maximum atomic E-state index is 14.4. The van der Waals surface area contributed by atoms with E-state index in [1.807, 2.05) is 13.8 Å². The molecule has 0 spiro atoms. The van der Waals surface area contributed by atoms with Crippen molar-refractivity contribution in [1.82, 2.24) is 0 Å². The molecular formula is C24H46B3F. The second-order valence-electron chi connectivity index (χ2n) is 13.1. The van der Waals surface area contributed by atoms with Gasteiger partial charge in [0.25, 0.3) is 0 Å². The molecule has 0 rings (SSSR count). The molecule has 0 aromatic heterocycles. The van der Waals surface area contributed by atoms with E-state index in [2.05, 4.69) is 69.2 Å². The predicted molar refractivity (Wildman–Crippen MR) is 127 cm³/mol. The van der Waals surface area contributed by atoms with Crippen LogP contribution in [0.5, 0.6) is 0 Å². The molecule has 158 valence electrons. The lowest BCUT2D eigenvalue weighted by Crippen LogP contribution is -2.48. The fourth-order valence-electron chi connectivity index (χ4n) is 4.03. The molecule has 0 amide bonds. The lowest BCUT2D eigenvalue weighted by atomic mass is 9.37. The van der Waals surface area contributed by atoms with Gasteiger partial charge in [0.2, 0.25) is 0 Å². The molecule has 0 saturated carbocycles. The average Bonchev–Trinajstić information content (AvgIpc) is 2.41. The smallest absolute Gasteiger partial charge is 0.121 e. The highest BCUT2D eigenvalue weighted by Crippen LogP contribution is 2.59. The molecule has 2 atom stereocenters. The zero-order valence-electron chi connectivity index (χ0n) is 21.3. The minimum absolute atomic E-state index is 0.00294. The van der Waals surface area contributed by atoms with E-state index >= 15 is 0 Å². The summed E-state index contributed by atoms with van der Waals surface area (Å²) in [7, 11) is 19.0. The van der Waals surface area contributed by atoms with Gasteiger partial charge in [0.1, 0.15) is 7.85 Å². The van der Waals surface area contributed by atoms with Crippen molar-refractivity contribution in [2.45, 2.75) is 120 Å². The Labute approximate surface area is 181 Å². The number of hydrogen-bond acceptors (Lipinski definition) is 0. The van der Waals surface area contributed by atoms with Gasteiger partial charge < -0.3 is 0 Å². The van der Waals surface area contributed by atoms with Gasteiger partial charge in [-0.1, -0.05) is 94.2 Å². The summed E-state index contributed by atoms with van der Waals surface area (Å²) in [5.41, 5.74) is -2.47. The van der Waals surface area contributed by atoms with E-state index in [0.29, 0.717) is 0 Å². The van der Waals surface area contributed by atoms with Crippen molar-refractivity contribution in [2.24, 2.45) is 33.0 Å². The van der Waals surface area contributed by atoms with Crippen molar-refractivity contribution < 1.29 is 4.39 Å². The van der Waals surface area contributed by atoms with Gasteiger partial charge in [0.05, 0.1) is 21.3 Å². The van der Waals surface area contributed by atoms with Gasteiger partial charge in [-0.25, -0.2) is 0 Å². The van der Waals surface area contributed by atoms with E-state index in [1.54, 1.807) is 0 Å². The molecular weight excluding hydrogens is 340 g/mol. The molecule has 0 N–H and O–H groups in total. The van der Waals surface area contributed by atoms with Gasteiger partial charge in [0.15, 0.2) is 0 Å². The fraction of sp³-hybridized carbons (Fsp3) is 1.00. The molecule has 0 aliphatic rings. The van der Waals surface area contributed by atoms with Gasteiger partial charge in [-0.2, -0.15) is 0 Å². The largest absolute Gasteiger partial charge is 0.255 e. The maximum Gasteiger partial charge on any atom is 0.121 e. The molecule has 0 aliphatic heterocycles. The van der Waals surface area contributed by atoms with Crippen LogP contribution < -0.4 is 0 Å². The molecule has 6 radical (unpaired) electrons. The Kier molecular flexibility index (Phi) is 8.03. The van der Waals surface area contributed by atoms with Crippen LogP contribution >= 0.6 is 0 Å². The summed E-state index contributed by atoms with van der Waals surface area (Å²) >= 11 is 0. The summed E-state index contributed by atoms with van der Waals surface area (Å²) in [4.78, 5) is 0. The highest BCUT2D eigenvalue weighted by molar-refractivity contribution is 6.40. The Hall–Kier alpha value is 0.125. The van der Waals surface area contributed by atoms with Crippen molar-refractivity contribution in [3.05, 3.63) is 0 Å². The number of hydrogen-bond donors (Lipinski definition) is 0. The third kappa shape index (κ3) is 5.63. The molecule has 28 heavy (non-hydrogen) atoms. The first-order valence-corrected chi connectivity index (χ1v) is 10.9. The van der Waals surface area contributed by atoms with Crippen molar-refractivity contribution in [1.29, 1.82) is 0 Å². The van der Waals surface area contributed by atoms with Crippen LogP contribution in [0.15, 0.2) is 0 Å². The number of halogens is 1. The van der Waals surface area contributed by atoms with Gasteiger partial charge in [0, 0.05) is 0 Å². The van der Waals surface area contributed by atoms with Crippen LogP contribution in [0.4, 0.5) is 4.39 Å². The molecule has 0 heterocycles. The summed E-state index contributed by atoms with van der Waals surface area (Å²) in [5, 5.41) is -0.748. The molecule has 0 bridgehead atoms. The lowest BCUT2D eigenvalue weighted by Gasteiger charge is -2.56. The number of alkyl halides is 1. The van der Waals surface area contributed by atoms with Crippen LogP contribution in [0.3, 0.4) is 0 Å². The van der Waals surface area contributed by atoms with E-state index in [4.69, 9.17) is 23.5 Å². The Balaban J connectivity index is 5.58. The molecule has 0 fully saturated rings. The Morgan fingerprint density at radius 2 is 1.00 bits per heavy atom. The summed E-state index contributed by atoms with van der Waals surface area (Å²) in [5.74, 6) is 0.159. The van der Waals surface area contributed by atoms with Crippen LogP contribution in [0.2, 0.25) is 5.21 Å². The van der Waals surface area contributed by atoms with Gasteiger partial charge in [-0.05, 0) is 53.3 Å².